The molecular weight excluding hydrogens is 448 g/mol. The number of rotatable bonds is 7. The second kappa shape index (κ2) is 8.60. The van der Waals surface area contributed by atoms with E-state index in [-0.39, 0.29) is 5.75 Å². The number of hydrogen-bond acceptors (Lipinski definition) is 5. The second-order valence-electron chi connectivity index (χ2n) is 5.64. The number of aromatic hydroxyl groups is 1. The Morgan fingerprint density at radius 3 is 2.64 bits per heavy atom. The highest BCUT2D eigenvalue weighted by Gasteiger charge is 2.03. The molecule has 0 aliphatic heterocycles. The lowest BCUT2D eigenvalue weighted by atomic mass is 10.2. The van der Waals surface area contributed by atoms with E-state index in [0.717, 1.165) is 40.5 Å². The minimum atomic E-state index is 0.201. The molecule has 1 aromatic heterocycles. The first kappa shape index (κ1) is 18.1. The Morgan fingerprint density at radius 1 is 1.04 bits per heavy atom. The number of hydrogen-bond donors (Lipinski definition) is 3. The highest BCUT2D eigenvalue weighted by Crippen LogP contribution is 2.22. The highest BCUT2D eigenvalue weighted by atomic mass is 79.9. The van der Waals surface area contributed by atoms with Crippen molar-refractivity contribution in [1.29, 1.82) is 0 Å². The zero-order valence-electron chi connectivity index (χ0n) is 13.5. The fourth-order valence-corrected chi connectivity index (χ4v) is 3.87. The van der Waals surface area contributed by atoms with Gasteiger partial charge in [-0.05, 0) is 48.9 Å². The van der Waals surface area contributed by atoms with Crippen LogP contribution in [0.4, 0.5) is 5.95 Å². The molecule has 130 valence electrons. The van der Waals surface area contributed by atoms with Crippen LogP contribution in [0.5, 0.6) is 5.75 Å². The molecule has 0 saturated heterocycles. The quantitative estimate of drug-likeness (QED) is 0.449. The fourth-order valence-electron chi connectivity index (χ4n) is 2.48. The molecule has 0 unspecified atom stereocenters. The highest BCUT2D eigenvalue weighted by molar-refractivity contribution is 9.11. The van der Waals surface area contributed by atoms with Crippen LogP contribution in [0.1, 0.15) is 12.0 Å². The first-order valence-corrected chi connectivity index (χ1v) is 9.55. The van der Waals surface area contributed by atoms with Crippen LogP contribution in [0.3, 0.4) is 0 Å². The third kappa shape index (κ3) is 5.14. The Kier molecular flexibility index (Phi) is 6.23. The molecule has 0 aliphatic rings. The van der Waals surface area contributed by atoms with Gasteiger partial charge in [0.25, 0.3) is 0 Å². The number of anilines is 1. The molecule has 0 radical (unpaired) electrons. The van der Waals surface area contributed by atoms with Gasteiger partial charge in [-0.3, -0.25) is 0 Å². The van der Waals surface area contributed by atoms with Crippen molar-refractivity contribution in [3.8, 4) is 5.75 Å². The van der Waals surface area contributed by atoms with Crippen LogP contribution in [0.25, 0.3) is 10.9 Å². The zero-order chi connectivity index (χ0) is 17.6. The second-order valence-corrected chi connectivity index (χ2v) is 7.47. The normalized spacial score (nSPS) is 11.0. The minimum absolute atomic E-state index is 0.201. The molecule has 0 fully saturated rings. The van der Waals surface area contributed by atoms with E-state index < -0.39 is 0 Å². The fraction of sp³-hybridized carbons (Fsp3) is 0.222. The van der Waals surface area contributed by atoms with Crippen molar-refractivity contribution in [1.82, 2.24) is 15.3 Å². The van der Waals surface area contributed by atoms with Gasteiger partial charge in [-0.2, -0.15) is 0 Å². The van der Waals surface area contributed by atoms with Gasteiger partial charge in [-0.1, -0.05) is 37.9 Å². The van der Waals surface area contributed by atoms with Crippen LogP contribution >= 0.6 is 31.9 Å². The Balaban J connectivity index is 1.42. The van der Waals surface area contributed by atoms with Crippen LogP contribution in [-0.4, -0.2) is 28.2 Å². The first-order valence-electron chi connectivity index (χ1n) is 7.96. The minimum Gasteiger partial charge on any atom is -0.507 e. The van der Waals surface area contributed by atoms with Gasteiger partial charge in [0.2, 0.25) is 5.95 Å². The van der Waals surface area contributed by atoms with E-state index in [2.05, 4.69) is 64.6 Å². The van der Waals surface area contributed by atoms with E-state index in [1.807, 2.05) is 12.1 Å². The predicted octanol–water partition coefficient (Wildman–Crippen LogP) is 4.45. The molecule has 5 nitrogen and oxygen atoms in total. The topological polar surface area (TPSA) is 70.1 Å². The van der Waals surface area contributed by atoms with Crippen molar-refractivity contribution >= 4 is 48.7 Å². The summed E-state index contributed by atoms with van der Waals surface area (Å²) in [7, 11) is 0. The molecule has 3 rings (SSSR count). The number of nitrogens with zero attached hydrogens (tertiary/aromatic N) is 2. The summed E-state index contributed by atoms with van der Waals surface area (Å²) in [5, 5.41) is 17.0. The average molecular weight is 466 g/mol. The maximum absolute atomic E-state index is 9.75. The van der Waals surface area contributed by atoms with Gasteiger partial charge in [0.1, 0.15) is 5.75 Å². The molecule has 3 N–H and O–H groups in total. The lowest BCUT2D eigenvalue weighted by molar-refractivity contribution is 0.481. The van der Waals surface area contributed by atoms with E-state index in [1.54, 1.807) is 18.3 Å². The zero-order valence-corrected chi connectivity index (χ0v) is 16.6. The molecule has 0 amide bonds. The van der Waals surface area contributed by atoms with Crippen molar-refractivity contribution in [2.45, 2.75) is 13.0 Å². The van der Waals surface area contributed by atoms with E-state index in [9.17, 15) is 5.11 Å². The van der Waals surface area contributed by atoms with Gasteiger partial charge in [0, 0.05) is 28.2 Å². The summed E-state index contributed by atoms with van der Waals surface area (Å²) in [5.74, 6) is 0.779. The maximum Gasteiger partial charge on any atom is 0.223 e. The SMILES string of the molecule is Oc1cccc2nc(NCCCNCc3cc(Br)cc(Br)c3)ncc12. The number of phenolic OH excluding ortho intramolecular Hbond substituents is 1. The summed E-state index contributed by atoms with van der Waals surface area (Å²) in [4.78, 5) is 8.65. The van der Waals surface area contributed by atoms with Crippen LogP contribution in [-0.2, 0) is 6.54 Å². The number of nitrogens with one attached hydrogen (secondary N) is 2. The lowest BCUT2D eigenvalue weighted by Gasteiger charge is -2.08. The van der Waals surface area contributed by atoms with Crippen molar-refractivity contribution in [2.75, 3.05) is 18.4 Å². The van der Waals surface area contributed by atoms with Crippen molar-refractivity contribution in [2.24, 2.45) is 0 Å². The summed E-state index contributed by atoms with van der Waals surface area (Å²) in [6, 6.07) is 11.5. The van der Waals surface area contributed by atoms with Gasteiger partial charge in [-0.25, -0.2) is 9.97 Å². The molecule has 0 aliphatic carbocycles. The number of phenols is 1. The van der Waals surface area contributed by atoms with E-state index in [1.165, 1.54) is 5.56 Å². The van der Waals surface area contributed by atoms with E-state index >= 15 is 0 Å². The molecule has 0 bridgehead atoms. The van der Waals surface area contributed by atoms with E-state index in [0.29, 0.717) is 11.3 Å². The van der Waals surface area contributed by atoms with Crippen molar-refractivity contribution in [3.63, 3.8) is 0 Å². The number of halogens is 2. The van der Waals surface area contributed by atoms with Crippen LogP contribution in [0.2, 0.25) is 0 Å². The molecule has 0 saturated carbocycles. The summed E-state index contributed by atoms with van der Waals surface area (Å²) in [6.07, 6.45) is 2.60. The summed E-state index contributed by atoms with van der Waals surface area (Å²) >= 11 is 6.99. The maximum atomic E-state index is 9.75. The Morgan fingerprint density at radius 2 is 1.84 bits per heavy atom. The molecule has 25 heavy (non-hydrogen) atoms. The predicted molar refractivity (Wildman–Crippen MR) is 108 cm³/mol. The lowest BCUT2D eigenvalue weighted by Crippen LogP contribution is -2.18. The Labute approximate surface area is 163 Å². The third-order valence-corrected chi connectivity index (χ3v) is 4.58. The third-order valence-electron chi connectivity index (χ3n) is 3.67. The molecule has 0 spiro atoms. The largest absolute Gasteiger partial charge is 0.507 e. The van der Waals surface area contributed by atoms with Gasteiger partial charge < -0.3 is 15.7 Å². The number of aromatic nitrogens is 2. The monoisotopic (exact) mass is 464 g/mol. The number of fused-ring (bicyclic) bond motifs is 1. The summed E-state index contributed by atoms with van der Waals surface area (Å²) in [6.45, 7) is 2.49. The standard InChI is InChI=1S/C18H18Br2N4O/c19-13-7-12(8-14(20)9-13)10-21-5-2-6-22-18-23-11-15-16(24-18)3-1-4-17(15)25/h1,3-4,7-9,11,21,25H,2,5-6,10H2,(H,22,23,24). The van der Waals surface area contributed by atoms with Crippen LogP contribution in [0, 0.1) is 0 Å². The van der Waals surface area contributed by atoms with Gasteiger partial charge >= 0.3 is 0 Å². The van der Waals surface area contributed by atoms with Crippen LogP contribution in [0.15, 0.2) is 51.5 Å². The molecule has 1 heterocycles. The average Bonchev–Trinajstić information content (AvgIpc) is 2.57. The van der Waals surface area contributed by atoms with E-state index in [4.69, 9.17) is 0 Å². The molecular formula is C18H18Br2N4O. The first-order chi connectivity index (χ1) is 12.1. The summed E-state index contributed by atoms with van der Waals surface area (Å²) < 4.78 is 2.14. The van der Waals surface area contributed by atoms with Crippen LogP contribution < -0.4 is 10.6 Å². The molecule has 3 aromatic rings. The van der Waals surface area contributed by atoms with Crippen molar-refractivity contribution < 1.29 is 5.11 Å². The molecule has 7 heteroatoms. The Bertz CT molecular complexity index is 853. The van der Waals surface area contributed by atoms with Gasteiger partial charge in [0.15, 0.2) is 0 Å². The molecule has 0 atom stereocenters. The van der Waals surface area contributed by atoms with Crippen molar-refractivity contribution in [3.05, 3.63) is 57.1 Å². The Hall–Kier alpha value is -1.70. The van der Waals surface area contributed by atoms with Gasteiger partial charge in [-0.15, -0.1) is 0 Å². The molecule has 2 aromatic carbocycles. The smallest absolute Gasteiger partial charge is 0.223 e. The summed E-state index contributed by atoms with van der Waals surface area (Å²) in [5.41, 5.74) is 1.96. The number of benzene rings is 2. The van der Waals surface area contributed by atoms with Gasteiger partial charge in [0.05, 0.1) is 10.9 Å².